The van der Waals surface area contributed by atoms with Crippen molar-refractivity contribution in [3.8, 4) is 0 Å². The second-order valence-electron chi connectivity index (χ2n) is 6.32. The second kappa shape index (κ2) is 6.15. The highest BCUT2D eigenvalue weighted by Gasteiger charge is 2.43. The molecule has 1 aliphatic rings. The van der Waals surface area contributed by atoms with E-state index >= 15 is 0 Å². The number of carbonyl (C=O) groups excluding carboxylic acids is 1. The Morgan fingerprint density at radius 1 is 1.62 bits per heavy atom. The summed E-state index contributed by atoms with van der Waals surface area (Å²) in [6.45, 7) is 5.75. The Bertz CT molecular complexity index is 500. The van der Waals surface area contributed by atoms with Gasteiger partial charge in [0.15, 0.2) is 0 Å². The molecule has 118 valence electrons. The number of aryl methyl sites for hydroxylation is 1. The number of nitrogens with one attached hydrogen (secondary N) is 1. The molecule has 0 spiro atoms. The Labute approximate surface area is 126 Å². The van der Waals surface area contributed by atoms with Crippen molar-refractivity contribution in [2.75, 3.05) is 20.1 Å². The molecule has 0 radical (unpaired) electrons. The lowest BCUT2D eigenvalue weighted by Gasteiger charge is -2.32. The third kappa shape index (κ3) is 3.11. The topological polar surface area (TPSA) is 76.2 Å². The summed E-state index contributed by atoms with van der Waals surface area (Å²) in [6.07, 6.45) is 5.66. The van der Waals surface area contributed by atoms with Gasteiger partial charge in [0.2, 0.25) is 5.91 Å². The lowest BCUT2D eigenvalue weighted by atomic mass is 9.88. The number of nitrogens with two attached hydrogens (primary N) is 1. The fraction of sp³-hybridized carbons (Fsp3) is 0.733. The summed E-state index contributed by atoms with van der Waals surface area (Å²) in [5.41, 5.74) is 7.16. The van der Waals surface area contributed by atoms with Crippen LogP contribution in [-0.2, 0) is 11.8 Å². The van der Waals surface area contributed by atoms with Crippen molar-refractivity contribution < 1.29 is 4.79 Å². The fourth-order valence-corrected chi connectivity index (χ4v) is 3.27. The van der Waals surface area contributed by atoms with E-state index in [9.17, 15) is 4.79 Å². The maximum absolute atomic E-state index is 12.1. The zero-order valence-corrected chi connectivity index (χ0v) is 13.5. The van der Waals surface area contributed by atoms with Crippen molar-refractivity contribution in [2.24, 2.45) is 18.2 Å². The largest absolute Gasteiger partial charge is 0.359 e. The second-order valence-corrected chi connectivity index (χ2v) is 6.32. The average Bonchev–Trinajstić information content (AvgIpc) is 3.06. The predicted octanol–water partition coefficient (Wildman–Crippen LogP) is 0.657. The number of amides is 1. The molecular weight excluding hydrogens is 266 g/mol. The average molecular weight is 293 g/mol. The lowest BCUT2D eigenvalue weighted by molar-refractivity contribution is -0.129. The highest BCUT2D eigenvalue weighted by Crippen LogP contribution is 2.36. The van der Waals surface area contributed by atoms with Crippen LogP contribution in [0.1, 0.15) is 38.3 Å². The van der Waals surface area contributed by atoms with Crippen molar-refractivity contribution in [3.63, 3.8) is 0 Å². The van der Waals surface area contributed by atoms with Gasteiger partial charge >= 0.3 is 0 Å². The van der Waals surface area contributed by atoms with E-state index in [1.54, 1.807) is 11.7 Å². The van der Waals surface area contributed by atoms with Gasteiger partial charge in [-0.25, -0.2) is 0 Å². The number of hydrogen-bond acceptors (Lipinski definition) is 4. The molecule has 2 rings (SSSR count). The van der Waals surface area contributed by atoms with Crippen LogP contribution in [0.5, 0.6) is 0 Å². The summed E-state index contributed by atoms with van der Waals surface area (Å²) >= 11 is 0. The number of likely N-dealkylation sites (tertiary alicyclic amines) is 1. The molecule has 0 aliphatic carbocycles. The van der Waals surface area contributed by atoms with E-state index in [0.717, 1.165) is 31.5 Å². The Kier molecular flexibility index (Phi) is 4.68. The van der Waals surface area contributed by atoms with E-state index in [1.165, 1.54) is 0 Å². The molecule has 1 aliphatic heterocycles. The van der Waals surface area contributed by atoms with Crippen LogP contribution in [0, 0.1) is 5.41 Å². The van der Waals surface area contributed by atoms with Gasteiger partial charge in [-0.15, -0.1) is 0 Å². The van der Waals surface area contributed by atoms with E-state index in [2.05, 4.69) is 22.2 Å². The number of nitrogens with zero attached hydrogens (tertiary/aromatic N) is 3. The summed E-state index contributed by atoms with van der Waals surface area (Å²) in [7, 11) is 3.61. The molecule has 1 saturated heterocycles. The van der Waals surface area contributed by atoms with E-state index in [4.69, 9.17) is 5.73 Å². The minimum absolute atomic E-state index is 0.0428. The highest BCUT2D eigenvalue weighted by atomic mass is 16.2. The lowest BCUT2D eigenvalue weighted by Crippen LogP contribution is -2.43. The smallest absolute Gasteiger partial charge is 0.227 e. The van der Waals surface area contributed by atoms with Crippen LogP contribution in [-0.4, -0.2) is 46.8 Å². The molecule has 2 heterocycles. The molecule has 0 aromatic carbocycles. The molecule has 0 saturated carbocycles. The van der Waals surface area contributed by atoms with Crippen LogP contribution in [0.3, 0.4) is 0 Å². The molecule has 21 heavy (non-hydrogen) atoms. The van der Waals surface area contributed by atoms with Crippen LogP contribution in [0.25, 0.3) is 0 Å². The van der Waals surface area contributed by atoms with Crippen molar-refractivity contribution in [3.05, 3.63) is 18.0 Å². The van der Waals surface area contributed by atoms with Gasteiger partial charge in [-0.2, -0.15) is 5.10 Å². The maximum Gasteiger partial charge on any atom is 0.227 e. The minimum atomic E-state index is -0.331. The first-order valence-corrected chi connectivity index (χ1v) is 7.61. The number of hydrogen-bond donors (Lipinski definition) is 2. The first-order valence-electron chi connectivity index (χ1n) is 7.61. The zero-order valence-electron chi connectivity index (χ0n) is 13.5. The van der Waals surface area contributed by atoms with Crippen molar-refractivity contribution in [2.45, 2.75) is 38.8 Å². The SMILES string of the molecule is CCC(N)C(c1cnn(C)c1)N1CCC(C)(C(=O)NC)C1. The van der Waals surface area contributed by atoms with Gasteiger partial charge in [0, 0.05) is 38.4 Å². The molecule has 1 aromatic heterocycles. The van der Waals surface area contributed by atoms with Gasteiger partial charge in [0.1, 0.15) is 0 Å². The van der Waals surface area contributed by atoms with Crippen LogP contribution in [0.4, 0.5) is 0 Å². The van der Waals surface area contributed by atoms with Gasteiger partial charge in [-0.05, 0) is 26.3 Å². The molecule has 6 nitrogen and oxygen atoms in total. The number of rotatable bonds is 5. The number of aromatic nitrogens is 2. The zero-order chi connectivity index (χ0) is 15.6. The molecule has 6 heteroatoms. The first-order chi connectivity index (χ1) is 9.91. The van der Waals surface area contributed by atoms with Crippen molar-refractivity contribution in [1.82, 2.24) is 20.0 Å². The molecule has 3 N–H and O–H groups in total. The first kappa shape index (κ1) is 16.0. The summed E-state index contributed by atoms with van der Waals surface area (Å²) in [4.78, 5) is 14.4. The minimum Gasteiger partial charge on any atom is -0.359 e. The van der Waals surface area contributed by atoms with Crippen LogP contribution in [0.15, 0.2) is 12.4 Å². The molecular formula is C15H27N5O. The van der Waals surface area contributed by atoms with Crippen LogP contribution < -0.4 is 11.1 Å². The monoisotopic (exact) mass is 293 g/mol. The van der Waals surface area contributed by atoms with Gasteiger partial charge in [0.05, 0.1) is 17.7 Å². The van der Waals surface area contributed by atoms with E-state index in [-0.39, 0.29) is 23.4 Å². The Balaban J connectivity index is 2.22. The molecule has 1 aromatic rings. The summed E-state index contributed by atoms with van der Waals surface area (Å²) in [6, 6.07) is 0.163. The van der Waals surface area contributed by atoms with Crippen LogP contribution >= 0.6 is 0 Å². The summed E-state index contributed by atoms with van der Waals surface area (Å²) in [5.74, 6) is 0.111. The Hall–Kier alpha value is -1.40. The summed E-state index contributed by atoms with van der Waals surface area (Å²) < 4.78 is 1.80. The van der Waals surface area contributed by atoms with Crippen molar-refractivity contribution in [1.29, 1.82) is 0 Å². The van der Waals surface area contributed by atoms with Crippen molar-refractivity contribution >= 4 is 5.91 Å². The summed E-state index contributed by atoms with van der Waals surface area (Å²) in [5, 5.41) is 7.05. The van der Waals surface area contributed by atoms with Gasteiger partial charge in [-0.1, -0.05) is 6.92 Å². The van der Waals surface area contributed by atoms with E-state index in [1.807, 2.05) is 26.4 Å². The van der Waals surface area contributed by atoms with Gasteiger partial charge < -0.3 is 11.1 Å². The Morgan fingerprint density at radius 3 is 2.86 bits per heavy atom. The standard InChI is InChI=1S/C15H27N5O/c1-5-12(16)13(11-8-18-19(4)9-11)20-7-6-15(2,10-20)14(21)17-3/h8-9,12-13H,5-7,10,16H2,1-4H3,(H,17,21). The molecule has 3 unspecified atom stereocenters. The fourth-order valence-electron chi connectivity index (χ4n) is 3.27. The normalized spacial score (nSPS) is 25.8. The molecule has 1 fully saturated rings. The number of carbonyl (C=O) groups is 1. The molecule has 1 amide bonds. The maximum atomic E-state index is 12.1. The Morgan fingerprint density at radius 2 is 2.33 bits per heavy atom. The third-order valence-electron chi connectivity index (χ3n) is 4.61. The van der Waals surface area contributed by atoms with Gasteiger partial charge in [-0.3, -0.25) is 14.4 Å². The van der Waals surface area contributed by atoms with E-state index in [0.29, 0.717) is 0 Å². The molecule has 3 atom stereocenters. The highest BCUT2D eigenvalue weighted by molar-refractivity contribution is 5.82. The van der Waals surface area contributed by atoms with Crippen LogP contribution in [0.2, 0.25) is 0 Å². The van der Waals surface area contributed by atoms with Gasteiger partial charge in [0.25, 0.3) is 0 Å². The third-order valence-corrected chi connectivity index (χ3v) is 4.61. The van der Waals surface area contributed by atoms with E-state index < -0.39 is 0 Å². The molecule has 0 bridgehead atoms. The quantitative estimate of drug-likeness (QED) is 0.836. The predicted molar refractivity (Wildman–Crippen MR) is 82.6 cm³/mol.